The molecule has 3 N–H and O–H groups in total. The molecule has 0 radical (unpaired) electrons. The molecular formula is C15H19ClN2O4S. The maximum Gasteiger partial charge on any atom is 0.329 e. The molecule has 1 rings (SSSR count). The highest BCUT2D eigenvalue weighted by molar-refractivity contribution is 7.98. The van der Waals surface area contributed by atoms with Gasteiger partial charge in [0.2, 0.25) is 0 Å². The van der Waals surface area contributed by atoms with E-state index in [0.717, 1.165) is 0 Å². The Hall–Kier alpha value is -1.73. The van der Waals surface area contributed by atoms with Crippen molar-refractivity contribution < 1.29 is 19.1 Å². The van der Waals surface area contributed by atoms with E-state index in [0.29, 0.717) is 12.2 Å². The SMILES string of the molecule is CSCC[C@H](NC(=O)c1ccccc1Cl)C(=O)O[C@H](C)C(N)=O. The number of halogens is 1. The van der Waals surface area contributed by atoms with Crippen LogP contribution in [0.3, 0.4) is 0 Å². The highest BCUT2D eigenvalue weighted by Crippen LogP contribution is 2.15. The lowest BCUT2D eigenvalue weighted by atomic mass is 10.1. The van der Waals surface area contributed by atoms with Crippen LogP contribution in [0.4, 0.5) is 0 Å². The van der Waals surface area contributed by atoms with Gasteiger partial charge in [-0.15, -0.1) is 0 Å². The number of hydrogen-bond donors (Lipinski definition) is 2. The number of amides is 2. The van der Waals surface area contributed by atoms with Gasteiger partial charge < -0.3 is 15.8 Å². The van der Waals surface area contributed by atoms with Crippen LogP contribution >= 0.6 is 23.4 Å². The summed E-state index contributed by atoms with van der Waals surface area (Å²) in [6, 6.07) is 5.63. The first kappa shape index (κ1) is 19.3. The van der Waals surface area contributed by atoms with Crippen LogP contribution in [-0.4, -0.2) is 41.9 Å². The van der Waals surface area contributed by atoms with E-state index in [9.17, 15) is 14.4 Å². The number of rotatable bonds is 8. The summed E-state index contributed by atoms with van der Waals surface area (Å²) < 4.78 is 4.97. The normalized spacial score (nSPS) is 13.0. The number of nitrogens with two attached hydrogens (primary N) is 1. The molecule has 1 aromatic carbocycles. The molecule has 0 aromatic heterocycles. The minimum Gasteiger partial charge on any atom is -0.451 e. The van der Waals surface area contributed by atoms with E-state index < -0.39 is 29.9 Å². The smallest absolute Gasteiger partial charge is 0.329 e. The van der Waals surface area contributed by atoms with Crippen molar-refractivity contribution in [3.05, 3.63) is 34.9 Å². The van der Waals surface area contributed by atoms with Gasteiger partial charge in [-0.25, -0.2) is 4.79 Å². The number of carbonyl (C=O) groups excluding carboxylic acids is 3. The van der Waals surface area contributed by atoms with Gasteiger partial charge >= 0.3 is 5.97 Å². The summed E-state index contributed by atoms with van der Waals surface area (Å²) in [4.78, 5) is 35.4. The molecule has 0 aliphatic carbocycles. The maximum atomic E-state index is 12.3. The molecule has 0 fully saturated rings. The fourth-order valence-corrected chi connectivity index (χ4v) is 2.37. The van der Waals surface area contributed by atoms with Gasteiger partial charge in [0.05, 0.1) is 10.6 Å². The Kier molecular flexibility index (Phi) is 7.91. The summed E-state index contributed by atoms with van der Waals surface area (Å²) >= 11 is 7.49. The van der Waals surface area contributed by atoms with Crippen molar-refractivity contribution in [2.45, 2.75) is 25.5 Å². The van der Waals surface area contributed by atoms with E-state index in [-0.39, 0.29) is 10.6 Å². The van der Waals surface area contributed by atoms with Crippen molar-refractivity contribution in [3.63, 3.8) is 0 Å². The van der Waals surface area contributed by atoms with Crippen LogP contribution in [0.2, 0.25) is 5.02 Å². The molecule has 0 unspecified atom stereocenters. The standard InChI is InChI=1S/C15H19ClN2O4S/c1-9(13(17)19)22-15(21)12(7-8-23-2)18-14(20)10-5-3-4-6-11(10)16/h3-6,9,12H,7-8H2,1-2H3,(H2,17,19)(H,18,20)/t9-,12+/m1/s1. The van der Waals surface area contributed by atoms with Gasteiger partial charge in [-0.1, -0.05) is 23.7 Å². The topological polar surface area (TPSA) is 98.5 Å². The number of primary amides is 1. The molecule has 0 bridgehead atoms. The van der Waals surface area contributed by atoms with Crippen LogP contribution in [0.25, 0.3) is 0 Å². The fourth-order valence-electron chi connectivity index (χ4n) is 1.68. The van der Waals surface area contributed by atoms with Crippen LogP contribution < -0.4 is 11.1 Å². The van der Waals surface area contributed by atoms with Crippen LogP contribution in [0.5, 0.6) is 0 Å². The number of nitrogens with one attached hydrogen (secondary N) is 1. The Morgan fingerprint density at radius 3 is 2.57 bits per heavy atom. The van der Waals surface area contributed by atoms with Crippen molar-refractivity contribution in [2.24, 2.45) is 5.73 Å². The van der Waals surface area contributed by atoms with Gasteiger partial charge in [0.25, 0.3) is 11.8 Å². The maximum absolute atomic E-state index is 12.3. The number of carbonyl (C=O) groups is 3. The number of ether oxygens (including phenoxy) is 1. The van der Waals surface area contributed by atoms with E-state index in [1.165, 1.54) is 18.7 Å². The molecule has 6 nitrogen and oxygen atoms in total. The third-order valence-corrected chi connectivity index (χ3v) is 3.99. The number of esters is 1. The van der Waals surface area contributed by atoms with Crippen molar-refractivity contribution in [1.82, 2.24) is 5.32 Å². The van der Waals surface area contributed by atoms with E-state index >= 15 is 0 Å². The molecule has 2 atom stereocenters. The summed E-state index contributed by atoms with van der Waals surface area (Å²) in [5.41, 5.74) is 5.33. The first-order valence-corrected chi connectivity index (χ1v) is 8.68. The zero-order chi connectivity index (χ0) is 17.4. The average Bonchev–Trinajstić information content (AvgIpc) is 2.51. The monoisotopic (exact) mass is 358 g/mol. The first-order chi connectivity index (χ1) is 10.9. The zero-order valence-electron chi connectivity index (χ0n) is 12.9. The van der Waals surface area contributed by atoms with Crippen molar-refractivity contribution >= 4 is 41.1 Å². The largest absolute Gasteiger partial charge is 0.451 e. The van der Waals surface area contributed by atoms with E-state index in [1.807, 2.05) is 6.26 Å². The Morgan fingerprint density at radius 2 is 2.00 bits per heavy atom. The molecule has 2 amide bonds. The average molecular weight is 359 g/mol. The fraction of sp³-hybridized carbons (Fsp3) is 0.400. The van der Waals surface area contributed by atoms with Gasteiger partial charge in [-0.3, -0.25) is 9.59 Å². The molecule has 0 saturated carbocycles. The van der Waals surface area contributed by atoms with Gasteiger partial charge in [0.1, 0.15) is 6.04 Å². The minimum absolute atomic E-state index is 0.263. The van der Waals surface area contributed by atoms with Crippen molar-refractivity contribution in [1.29, 1.82) is 0 Å². The molecule has 0 saturated heterocycles. The Morgan fingerprint density at radius 1 is 1.35 bits per heavy atom. The second-order valence-electron chi connectivity index (χ2n) is 4.77. The predicted octanol–water partition coefficient (Wildman–Crippen LogP) is 1.61. The van der Waals surface area contributed by atoms with Gasteiger partial charge in [0.15, 0.2) is 6.10 Å². The molecule has 0 aliphatic rings. The Labute approximate surface area is 144 Å². The summed E-state index contributed by atoms with van der Waals surface area (Å²) in [7, 11) is 0. The minimum atomic E-state index is -1.06. The molecule has 126 valence electrons. The molecule has 8 heteroatoms. The van der Waals surface area contributed by atoms with Crippen LogP contribution in [0.15, 0.2) is 24.3 Å². The summed E-state index contributed by atoms with van der Waals surface area (Å²) in [5, 5.41) is 2.87. The van der Waals surface area contributed by atoms with Crippen LogP contribution in [-0.2, 0) is 14.3 Å². The lowest BCUT2D eigenvalue weighted by molar-refractivity contribution is -0.155. The van der Waals surface area contributed by atoms with Crippen molar-refractivity contribution in [2.75, 3.05) is 12.0 Å². The predicted molar refractivity (Wildman–Crippen MR) is 90.5 cm³/mol. The number of thioether (sulfide) groups is 1. The van der Waals surface area contributed by atoms with Gasteiger partial charge in [0, 0.05) is 0 Å². The summed E-state index contributed by atoms with van der Waals surface area (Å²) in [6.07, 6.45) is 1.18. The van der Waals surface area contributed by atoms with Gasteiger partial charge in [-0.05, 0) is 37.5 Å². The quantitative estimate of drug-likeness (QED) is 0.688. The van der Waals surface area contributed by atoms with E-state index in [1.54, 1.807) is 24.3 Å². The number of benzene rings is 1. The molecule has 0 heterocycles. The molecule has 1 aromatic rings. The summed E-state index contributed by atoms with van der Waals surface area (Å²) in [5.74, 6) is -1.30. The first-order valence-electron chi connectivity index (χ1n) is 6.91. The van der Waals surface area contributed by atoms with E-state index in [4.69, 9.17) is 22.1 Å². The zero-order valence-corrected chi connectivity index (χ0v) is 14.4. The molecule has 0 spiro atoms. The Bertz CT molecular complexity index is 582. The lowest BCUT2D eigenvalue weighted by Gasteiger charge is -2.19. The third kappa shape index (κ3) is 6.11. The second-order valence-corrected chi connectivity index (χ2v) is 6.16. The lowest BCUT2D eigenvalue weighted by Crippen LogP contribution is -2.44. The molecular weight excluding hydrogens is 340 g/mol. The molecule has 23 heavy (non-hydrogen) atoms. The Balaban J connectivity index is 2.81. The van der Waals surface area contributed by atoms with Gasteiger partial charge in [-0.2, -0.15) is 11.8 Å². The molecule has 0 aliphatic heterocycles. The third-order valence-electron chi connectivity index (χ3n) is 3.01. The number of hydrogen-bond acceptors (Lipinski definition) is 5. The highest BCUT2D eigenvalue weighted by Gasteiger charge is 2.26. The van der Waals surface area contributed by atoms with E-state index in [2.05, 4.69) is 5.32 Å². The van der Waals surface area contributed by atoms with Crippen LogP contribution in [0.1, 0.15) is 23.7 Å². The second kappa shape index (κ2) is 9.42. The highest BCUT2D eigenvalue weighted by atomic mass is 35.5. The van der Waals surface area contributed by atoms with Crippen molar-refractivity contribution in [3.8, 4) is 0 Å². The van der Waals surface area contributed by atoms with Crippen LogP contribution in [0, 0.1) is 0 Å². The summed E-state index contributed by atoms with van der Waals surface area (Å²) in [6.45, 7) is 1.38.